The zero-order valence-corrected chi connectivity index (χ0v) is 12.8. The lowest BCUT2D eigenvalue weighted by molar-refractivity contribution is 0.104. The molecular weight excluding hydrogens is 340 g/mol. The lowest BCUT2D eigenvalue weighted by Crippen LogP contribution is -2.06. The van der Waals surface area contributed by atoms with E-state index >= 15 is 0 Å². The molecule has 126 valence electrons. The second-order valence-electron chi connectivity index (χ2n) is 4.64. The molecule has 0 saturated heterocycles. The van der Waals surface area contributed by atoms with Crippen LogP contribution in [0.5, 0.6) is 23.0 Å². The minimum absolute atomic E-state index is 0.116. The Morgan fingerprint density at radius 2 is 1.54 bits per heavy atom. The molecule has 2 rings (SSSR count). The average Bonchev–Trinajstić information content (AvgIpc) is 2.43. The third-order valence-electron chi connectivity index (χ3n) is 2.84. The summed E-state index contributed by atoms with van der Waals surface area (Å²) in [5, 5.41) is 28.4. The molecule has 0 unspecified atom stereocenters. The molecule has 9 heteroatoms. The Morgan fingerprint density at radius 3 is 2.04 bits per heavy atom. The van der Waals surface area contributed by atoms with Crippen LogP contribution in [0.1, 0.15) is 15.9 Å². The highest BCUT2D eigenvalue weighted by Gasteiger charge is 2.15. The molecule has 0 aliphatic carbocycles. The van der Waals surface area contributed by atoms with Crippen molar-refractivity contribution in [2.75, 3.05) is 0 Å². The summed E-state index contributed by atoms with van der Waals surface area (Å²) in [6.07, 6.45) is 2.43. The minimum Gasteiger partial charge on any atom is -0.508 e. The van der Waals surface area contributed by atoms with Gasteiger partial charge in [-0.1, -0.05) is 18.2 Å². The second kappa shape index (κ2) is 6.60. The quantitative estimate of drug-likeness (QED) is 0.363. The van der Waals surface area contributed by atoms with Crippen molar-refractivity contribution in [3.63, 3.8) is 0 Å². The largest absolute Gasteiger partial charge is 0.508 e. The molecule has 0 amide bonds. The van der Waals surface area contributed by atoms with Gasteiger partial charge in [0.25, 0.3) is 0 Å². The van der Waals surface area contributed by atoms with Crippen LogP contribution >= 0.6 is 0 Å². The van der Waals surface area contributed by atoms with Gasteiger partial charge in [-0.25, -0.2) is 0 Å². The van der Waals surface area contributed by atoms with Crippen molar-refractivity contribution in [1.82, 2.24) is 0 Å². The first-order chi connectivity index (χ1) is 11.2. The van der Waals surface area contributed by atoms with E-state index in [2.05, 4.69) is 4.18 Å². The van der Waals surface area contributed by atoms with Crippen LogP contribution in [0, 0.1) is 0 Å². The number of ketones is 1. The van der Waals surface area contributed by atoms with E-state index < -0.39 is 27.7 Å². The van der Waals surface area contributed by atoms with Crippen molar-refractivity contribution >= 4 is 22.3 Å². The number of carbonyl (C=O) groups is 1. The van der Waals surface area contributed by atoms with Gasteiger partial charge in [0.2, 0.25) is 0 Å². The Morgan fingerprint density at radius 1 is 1.00 bits per heavy atom. The Bertz CT molecular complexity index is 875. The van der Waals surface area contributed by atoms with Gasteiger partial charge in [0.05, 0.1) is 0 Å². The van der Waals surface area contributed by atoms with Crippen LogP contribution in [-0.2, 0) is 10.4 Å². The maximum atomic E-state index is 12.0. The Hall–Kier alpha value is -3.04. The van der Waals surface area contributed by atoms with E-state index in [9.17, 15) is 28.5 Å². The van der Waals surface area contributed by atoms with Gasteiger partial charge in [-0.3, -0.25) is 9.35 Å². The number of rotatable bonds is 5. The maximum absolute atomic E-state index is 12.0. The van der Waals surface area contributed by atoms with Crippen LogP contribution in [0.4, 0.5) is 0 Å². The fraction of sp³-hybridized carbons (Fsp3) is 0. The van der Waals surface area contributed by atoms with Crippen LogP contribution in [0.3, 0.4) is 0 Å². The van der Waals surface area contributed by atoms with Gasteiger partial charge in [-0.05, 0) is 23.8 Å². The number of phenolic OH excluding ortho intramolecular Hbond substituents is 3. The van der Waals surface area contributed by atoms with Crippen LogP contribution in [0.15, 0.2) is 42.5 Å². The number of phenols is 3. The highest BCUT2D eigenvalue weighted by molar-refractivity contribution is 7.81. The summed E-state index contributed by atoms with van der Waals surface area (Å²) in [6, 6.07) is 7.19. The molecule has 0 radical (unpaired) electrons. The molecule has 0 aromatic heterocycles. The number of carbonyl (C=O) groups excluding carboxylic acids is 1. The predicted octanol–water partition coefficient (Wildman–Crippen LogP) is 1.88. The number of hydrogen-bond donors (Lipinski definition) is 4. The van der Waals surface area contributed by atoms with Gasteiger partial charge in [-0.2, -0.15) is 8.42 Å². The van der Waals surface area contributed by atoms with Gasteiger partial charge in [-0.15, -0.1) is 0 Å². The van der Waals surface area contributed by atoms with Crippen LogP contribution < -0.4 is 4.18 Å². The van der Waals surface area contributed by atoms with Gasteiger partial charge in [0.15, 0.2) is 5.78 Å². The molecule has 24 heavy (non-hydrogen) atoms. The van der Waals surface area contributed by atoms with Crippen molar-refractivity contribution in [1.29, 1.82) is 0 Å². The van der Waals surface area contributed by atoms with Crippen molar-refractivity contribution in [3.05, 3.63) is 53.6 Å². The summed E-state index contributed by atoms with van der Waals surface area (Å²) in [5.41, 5.74) is 0.124. The third kappa shape index (κ3) is 4.48. The van der Waals surface area contributed by atoms with Gasteiger partial charge < -0.3 is 19.5 Å². The first-order valence-electron chi connectivity index (χ1n) is 6.40. The van der Waals surface area contributed by atoms with E-state index in [1.807, 2.05) is 0 Å². The molecule has 0 saturated carbocycles. The van der Waals surface area contributed by atoms with E-state index in [-0.39, 0.29) is 17.1 Å². The molecule has 0 aliphatic rings. The molecule has 8 nitrogen and oxygen atoms in total. The van der Waals surface area contributed by atoms with E-state index in [0.717, 1.165) is 18.2 Å². The molecule has 0 fully saturated rings. The molecule has 2 aromatic rings. The van der Waals surface area contributed by atoms with E-state index in [4.69, 9.17) is 4.55 Å². The van der Waals surface area contributed by atoms with Gasteiger partial charge in [0, 0.05) is 12.1 Å². The summed E-state index contributed by atoms with van der Waals surface area (Å²) >= 11 is 0. The smallest absolute Gasteiger partial charge is 0.446 e. The fourth-order valence-electron chi connectivity index (χ4n) is 1.86. The summed E-state index contributed by atoms with van der Waals surface area (Å²) in [4.78, 5) is 12.0. The van der Waals surface area contributed by atoms with Crippen LogP contribution in [0.25, 0.3) is 6.08 Å². The SMILES string of the molecule is O=C(C=Cc1ccc(OS(=O)(=O)O)cc1)c1c(O)cc(O)cc1O. The minimum atomic E-state index is -4.61. The normalized spacial score (nSPS) is 11.5. The molecule has 0 atom stereocenters. The van der Waals surface area contributed by atoms with Crippen molar-refractivity contribution in [2.45, 2.75) is 0 Å². The predicted molar refractivity (Wildman–Crippen MR) is 83.4 cm³/mol. The van der Waals surface area contributed by atoms with E-state index in [1.165, 1.54) is 30.3 Å². The topological polar surface area (TPSA) is 141 Å². The first kappa shape index (κ1) is 17.3. The molecule has 0 heterocycles. The first-order valence-corrected chi connectivity index (χ1v) is 7.76. The summed E-state index contributed by atoms with van der Waals surface area (Å²) in [6.45, 7) is 0. The number of benzene rings is 2. The van der Waals surface area contributed by atoms with Crippen LogP contribution in [0.2, 0.25) is 0 Å². The van der Waals surface area contributed by atoms with Gasteiger partial charge in [0.1, 0.15) is 28.6 Å². The average molecular weight is 352 g/mol. The fourth-order valence-corrected chi connectivity index (χ4v) is 2.22. The zero-order chi connectivity index (χ0) is 17.9. The van der Waals surface area contributed by atoms with Crippen LogP contribution in [-0.4, -0.2) is 34.1 Å². The van der Waals surface area contributed by atoms with E-state index in [0.29, 0.717) is 5.56 Å². The Labute approximate surface area is 136 Å². The number of aromatic hydroxyl groups is 3. The van der Waals surface area contributed by atoms with E-state index in [1.54, 1.807) is 0 Å². The van der Waals surface area contributed by atoms with Crippen molar-refractivity contribution in [3.8, 4) is 23.0 Å². The Balaban J connectivity index is 2.18. The molecule has 2 aromatic carbocycles. The maximum Gasteiger partial charge on any atom is 0.446 e. The zero-order valence-electron chi connectivity index (χ0n) is 11.9. The van der Waals surface area contributed by atoms with Crippen molar-refractivity contribution < 1.29 is 37.3 Å². The lowest BCUT2D eigenvalue weighted by Gasteiger charge is -2.04. The standard InChI is InChI=1S/C15H12O8S/c16-10-7-13(18)15(14(19)8-10)12(17)6-3-9-1-4-11(5-2-9)23-24(20,21)22/h1-8,16,18-19H,(H,20,21,22). The molecule has 0 aliphatic heterocycles. The molecule has 4 N–H and O–H groups in total. The second-order valence-corrected chi connectivity index (χ2v) is 5.66. The summed E-state index contributed by atoms with van der Waals surface area (Å²) in [7, 11) is -4.61. The number of allylic oxidation sites excluding steroid dienone is 1. The lowest BCUT2D eigenvalue weighted by atomic mass is 10.1. The monoisotopic (exact) mass is 352 g/mol. The highest BCUT2D eigenvalue weighted by atomic mass is 32.3. The molecule has 0 bridgehead atoms. The third-order valence-corrected chi connectivity index (χ3v) is 3.24. The van der Waals surface area contributed by atoms with Crippen molar-refractivity contribution in [2.24, 2.45) is 0 Å². The number of hydrogen-bond acceptors (Lipinski definition) is 7. The van der Waals surface area contributed by atoms with Gasteiger partial charge >= 0.3 is 10.4 Å². The summed E-state index contributed by atoms with van der Waals surface area (Å²) < 4.78 is 33.9. The molecular formula is C15H12O8S. The molecule has 0 spiro atoms. The Kier molecular flexibility index (Phi) is 4.77. The summed E-state index contributed by atoms with van der Waals surface area (Å²) in [5.74, 6) is -2.35. The highest BCUT2D eigenvalue weighted by Crippen LogP contribution is 2.32.